The van der Waals surface area contributed by atoms with Crippen molar-refractivity contribution < 1.29 is 22.5 Å². The fourth-order valence-corrected chi connectivity index (χ4v) is 3.69. The minimum absolute atomic E-state index is 0.0885. The van der Waals surface area contributed by atoms with Crippen LogP contribution in [-0.2, 0) is 6.18 Å². The Balaban J connectivity index is 1.36. The fourth-order valence-electron chi connectivity index (χ4n) is 3.69. The number of nitrogens with one attached hydrogen (secondary N) is 1. The van der Waals surface area contributed by atoms with Gasteiger partial charge in [0.25, 0.3) is 0 Å². The lowest BCUT2D eigenvalue weighted by molar-refractivity contribution is -0.137. The Hall–Kier alpha value is -3.91. The molecule has 1 aliphatic heterocycles. The van der Waals surface area contributed by atoms with Crippen molar-refractivity contribution >= 4 is 11.7 Å². The number of piperazine rings is 1. The maximum Gasteiger partial charge on any atom is 0.416 e. The van der Waals surface area contributed by atoms with Crippen LogP contribution in [0.4, 0.5) is 23.7 Å². The number of benzene rings is 2. The van der Waals surface area contributed by atoms with Crippen LogP contribution in [0.5, 0.6) is 0 Å². The number of hydrogen-bond donors (Lipinski definition) is 1. The van der Waals surface area contributed by atoms with Crippen LogP contribution in [0.25, 0.3) is 11.4 Å². The molecule has 1 aliphatic rings. The van der Waals surface area contributed by atoms with E-state index in [1.165, 1.54) is 12.1 Å². The summed E-state index contributed by atoms with van der Waals surface area (Å²) in [6, 6.07) is 13.0. The van der Waals surface area contributed by atoms with Crippen molar-refractivity contribution in [3.63, 3.8) is 0 Å². The first-order chi connectivity index (χ1) is 16.2. The van der Waals surface area contributed by atoms with E-state index >= 15 is 0 Å². The topological polar surface area (TPSA) is 98.3 Å². The van der Waals surface area contributed by atoms with Gasteiger partial charge in [-0.05, 0) is 37.3 Å². The minimum Gasteiger partial charge on any atom is -0.337 e. The zero-order valence-corrected chi connectivity index (χ0v) is 18.2. The summed E-state index contributed by atoms with van der Waals surface area (Å²) in [7, 11) is 0. The monoisotopic (exact) mass is 470 g/mol. The zero-order valence-electron chi connectivity index (χ0n) is 18.2. The number of aromatic nitrogens is 2. The molecule has 2 amide bonds. The molecule has 1 fully saturated rings. The first-order valence-corrected chi connectivity index (χ1v) is 10.6. The number of hydrogen-bond acceptors (Lipinski definition) is 6. The Labute approximate surface area is 193 Å². The highest BCUT2D eigenvalue weighted by Crippen LogP contribution is 2.32. The quantitative estimate of drug-likeness (QED) is 0.601. The van der Waals surface area contributed by atoms with Gasteiger partial charge in [-0.1, -0.05) is 23.4 Å². The highest BCUT2D eigenvalue weighted by molar-refractivity contribution is 5.89. The van der Waals surface area contributed by atoms with Gasteiger partial charge in [-0.3, -0.25) is 4.90 Å². The van der Waals surface area contributed by atoms with Crippen molar-refractivity contribution in [2.45, 2.75) is 19.1 Å². The summed E-state index contributed by atoms with van der Waals surface area (Å²) in [4.78, 5) is 20.6. The highest BCUT2D eigenvalue weighted by atomic mass is 19.4. The van der Waals surface area contributed by atoms with Crippen molar-refractivity contribution in [3.8, 4) is 17.5 Å². The maximum absolute atomic E-state index is 13.0. The van der Waals surface area contributed by atoms with Crippen molar-refractivity contribution in [3.05, 3.63) is 65.5 Å². The predicted octanol–water partition coefficient (Wildman–Crippen LogP) is 4.54. The molecule has 176 valence electrons. The molecule has 3 aromatic rings. The summed E-state index contributed by atoms with van der Waals surface area (Å²) in [5.41, 5.74) is 0.450. The Morgan fingerprint density at radius 2 is 1.88 bits per heavy atom. The number of alkyl halides is 3. The van der Waals surface area contributed by atoms with Gasteiger partial charge in [-0.15, -0.1) is 0 Å². The number of carbonyl (C=O) groups is 1. The van der Waals surface area contributed by atoms with Gasteiger partial charge in [0, 0.05) is 37.4 Å². The van der Waals surface area contributed by atoms with E-state index in [2.05, 4.69) is 20.4 Å². The molecule has 2 heterocycles. The van der Waals surface area contributed by atoms with E-state index in [-0.39, 0.29) is 23.5 Å². The van der Waals surface area contributed by atoms with Gasteiger partial charge >= 0.3 is 12.2 Å². The molecule has 1 atom stereocenters. The molecule has 0 aliphatic carbocycles. The third-order valence-corrected chi connectivity index (χ3v) is 5.64. The fraction of sp³-hybridized carbons (Fsp3) is 0.304. The predicted molar refractivity (Wildman–Crippen MR) is 116 cm³/mol. The molecule has 0 bridgehead atoms. The summed E-state index contributed by atoms with van der Waals surface area (Å²) in [6.07, 6.45) is -4.46. The van der Waals surface area contributed by atoms with Gasteiger partial charge in [0.05, 0.1) is 23.2 Å². The van der Waals surface area contributed by atoms with E-state index in [4.69, 9.17) is 9.78 Å². The van der Waals surface area contributed by atoms with Crippen LogP contribution >= 0.6 is 0 Å². The largest absolute Gasteiger partial charge is 0.416 e. The molecule has 1 saturated heterocycles. The van der Waals surface area contributed by atoms with Crippen LogP contribution in [-0.4, -0.2) is 52.2 Å². The second kappa shape index (κ2) is 9.52. The number of nitriles is 1. The minimum atomic E-state index is -4.46. The average Bonchev–Trinajstić information content (AvgIpc) is 3.34. The summed E-state index contributed by atoms with van der Waals surface area (Å²) < 4.78 is 44.3. The molecular weight excluding hydrogens is 449 g/mol. The third kappa shape index (κ3) is 5.18. The molecule has 1 aromatic heterocycles. The number of rotatable bonds is 4. The van der Waals surface area contributed by atoms with Crippen LogP contribution in [0.15, 0.2) is 53.1 Å². The molecule has 0 saturated carbocycles. The normalized spacial score (nSPS) is 15.6. The second-order valence-corrected chi connectivity index (χ2v) is 7.86. The molecule has 34 heavy (non-hydrogen) atoms. The first kappa shape index (κ1) is 23.3. The highest BCUT2D eigenvalue weighted by Gasteiger charge is 2.31. The third-order valence-electron chi connectivity index (χ3n) is 5.64. The molecule has 11 heteroatoms. The lowest BCUT2D eigenvalue weighted by Crippen LogP contribution is -2.50. The van der Waals surface area contributed by atoms with E-state index in [1.807, 2.05) is 13.0 Å². The van der Waals surface area contributed by atoms with Gasteiger partial charge in [0.15, 0.2) is 0 Å². The molecular formula is C23H21F3N6O2. The van der Waals surface area contributed by atoms with Crippen molar-refractivity contribution in [2.24, 2.45) is 0 Å². The van der Waals surface area contributed by atoms with Gasteiger partial charge in [-0.2, -0.15) is 23.4 Å². The lowest BCUT2D eigenvalue weighted by atomic mass is 10.1. The number of anilines is 1. The first-order valence-electron chi connectivity index (χ1n) is 10.6. The van der Waals surface area contributed by atoms with Crippen molar-refractivity contribution in [1.29, 1.82) is 5.26 Å². The van der Waals surface area contributed by atoms with E-state index < -0.39 is 11.7 Å². The number of urea groups is 1. The van der Waals surface area contributed by atoms with Crippen LogP contribution in [0.2, 0.25) is 0 Å². The number of halogens is 3. The smallest absolute Gasteiger partial charge is 0.337 e. The standard InChI is InChI=1S/C23H21F3N6O2/c1-15(21-29-20(30-34-21)17-5-3-6-18(13-17)23(24,25)26)31-8-10-32(11-9-31)22(33)28-19-7-2-4-16(12-19)14-27/h2-7,12-13,15H,8-11H2,1H3,(H,28,33)/t15-/m1/s1. The zero-order chi connectivity index (χ0) is 24.3. The SMILES string of the molecule is C[C@H](c1nc(-c2cccc(C(F)(F)F)c2)no1)N1CCN(C(=O)Nc2cccc(C#N)c2)CC1. The molecule has 8 nitrogen and oxygen atoms in total. The molecule has 2 aromatic carbocycles. The average molecular weight is 470 g/mol. The Kier molecular flexibility index (Phi) is 6.51. The summed E-state index contributed by atoms with van der Waals surface area (Å²) in [5, 5.41) is 15.6. The van der Waals surface area contributed by atoms with Gasteiger partial charge in [-0.25, -0.2) is 4.79 Å². The maximum atomic E-state index is 13.0. The molecule has 1 N–H and O–H groups in total. The van der Waals surface area contributed by atoms with Crippen molar-refractivity contribution in [1.82, 2.24) is 19.9 Å². The Bertz CT molecular complexity index is 1210. The van der Waals surface area contributed by atoms with Crippen LogP contribution in [0.1, 0.15) is 30.0 Å². The summed E-state index contributed by atoms with van der Waals surface area (Å²) in [6.45, 7) is 3.89. The van der Waals surface area contributed by atoms with Gasteiger partial charge in [0.2, 0.25) is 11.7 Å². The van der Waals surface area contributed by atoms with E-state index in [1.54, 1.807) is 29.2 Å². The molecule has 0 spiro atoms. The van der Waals surface area contributed by atoms with E-state index in [9.17, 15) is 18.0 Å². The van der Waals surface area contributed by atoms with Gasteiger partial charge in [0.1, 0.15) is 0 Å². The Morgan fingerprint density at radius 3 is 2.59 bits per heavy atom. The Morgan fingerprint density at radius 1 is 1.15 bits per heavy atom. The summed E-state index contributed by atoms with van der Waals surface area (Å²) in [5.74, 6) is 0.379. The van der Waals surface area contributed by atoms with E-state index in [0.29, 0.717) is 43.3 Å². The number of nitrogens with zero attached hydrogens (tertiary/aromatic N) is 5. The lowest BCUT2D eigenvalue weighted by Gasteiger charge is -2.36. The van der Waals surface area contributed by atoms with Crippen LogP contribution < -0.4 is 5.32 Å². The second-order valence-electron chi connectivity index (χ2n) is 7.86. The summed E-state index contributed by atoms with van der Waals surface area (Å²) >= 11 is 0. The van der Waals surface area contributed by atoms with Crippen LogP contribution in [0.3, 0.4) is 0 Å². The molecule has 0 unspecified atom stereocenters. The van der Waals surface area contributed by atoms with Gasteiger partial charge < -0.3 is 14.7 Å². The van der Waals surface area contributed by atoms with Crippen molar-refractivity contribution in [2.75, 3.05) is 31.5 Å². The van der Waals surface area contributed by atoms with E-state index in [0.717, 1.165) is 12.1 Å². The molecule has 4 rings (SSSR count). The molecule has 0 radical (unpaired) electrons. The number of carbonyl (C=O) groups excluding carboxylic acids is 1. The number of amides is 2. The van der Waals surface area contributed by atoms with Crippen LogP contribution in [0, 0.1) is 11.3 Å².